The second-order valence-electron chi connectivity index (χ2n) is 5.79. The van der Waals surface area contributed by atoms with Crippen molar-refractivity contribution in [2.24, 2.45) is 11.8 Å². The molecule has 0 bridgehead atoms. The molecule has 2 aliphatic heterocycles. The first-order valence-corrected chi connectivity index (χ1v) is 7.55. The Balaban J connectivity index is 1.41. The van der Waals surface area contributed by atoms with Crippen molar-refractivity contribution in [1.29, 1.82) is 0 Å². The number of piperidine rings is 1. The molecule has 0 amide bonds. The molecule has 0 radical (unpaired) electrons. The van der Waals surface area contributed by atoms with Gasteiger partial charge < -0.3 is 14.8 Å². The molecule has 4 nitrogen and oxygen atoms in total. The molecule has 3 rings (SSSR count). The van der Waals surface area contributed by atoms with E-state index < -0.39 is 0 Å². The molecular weight excluding hydrogens is 252 g/mol. The van der Waals surface area contributed by atoms with E-state index in [0.29, 0.717) is 0 Å². The number of hydrogen-bond donors (Lipinski definition) is 1. The summed E-state index contributed by atoms with van der Waals surface area (Å²) in [7, 11) is 1.68. The SMILES string of the molecule is COc1ccc(OCCN2CCC3CNCC3C2)cc1. The highest BCUT2D eigenvalue weighted by Crippen LogP contribution is 2.26. The number of ether oxygens (including phenoxy) is 2. The first-order valence-electron chi connectivity index (χ1n) is 7.55. The molecule has 2 aliphatic rings. The lowest BCUT2D eigenvalue weighted by Gasteiger charge is -2.34. The lowest BCUT2D eigenvalue weighted by molar-refractivity contribution is 0.127. The third kappa shape index (κ3) is 3.25. The molecular formula is C16H24N2O2. The van der Waals surface area contributed by atoms with Gasteiger partial charge in [0, 0.05) is 13.1 Å². The smallest absolute Gasteiger partial charge is 0.119 e. The van der Waals surface area contributed by atoms with Gasteiger partial charge in [0.25, 0.3) is 0 Å². The Kier molecular flexibility index (Phi) is 4.43. The van der Waals surface area contributed by atoms with Crippen LogP contribution < -0.4 is 14.8 Å². The van der Waals surface area contributed by atoms with Crippen LogP contribution in [-0.4, -0.2) is 51.3 Å². The summed E-state index contributed by atoms with van der Waals surface area (Å²) in [5.41, 5.74) is 0. The molecule has 110 valence electrons. The number of nitrogens with one attached hydrogen (secondary N) is 1. The fourth-order valence-electron chi connectivity index (χ4n) is 3.28. The third-order valence-electron chi connectivity index (χ3n) is 4.52. The first kappa shape index (κ1) is 13.7. The van der Waals surface area contributed by atoms with Crippen molar-refractivity contribution in [2.75, 3.05) is 46.4 Å². The number of methoxy groups -OCH3 is 1. The van der Waals surface area contributed by atoms with E-state index in [1.54, 1.807) is 7.11 Å². The van der Waals surface area contributed by atoms with Crippen molar-refractivity contribution in [3.05, 3.63) is 24.3 Å². The average Bonchev–Trinajstić information content (AvgIpc) is 2.95. The molecule has 2 fully saturated rings. The Hall–Kier alpha value is -1.26. The van der Waals surface area contributed by atoms with Crippen LogP contribution in [0.15, 0.2) is 24.3 Å². The summed E-state index contributed by atoms with van der Waals surface area (Å²) >= 11 is 0. The first-order chi connectivity index (χ1) is 9.85. The summed E-state index contributed by atoms with van der Waals surface area (Å²) in [5.74, 6) is 3.55. The van der Waals surface area contributed by atoms with Crippen LogP contribution in [0, 0.1) is 11.8 Å². The molecule has 2 unspecified atom stereocenters. The molecule has 0 spiro atoms. The van der Waals surface area contributed by atoms with Crippen molar-refractivity contribution in [3.8, 4) is 11.5 Å². The van der Waals surface area contributed by atoms with Crippen molar-refractivity contribution in [1.82, 2.24) is 10.2 Å². The van der Waals surface area contributed by atoms with E-state index in [4.69, 9.17) is 9.47 Å². The maximum Gasteiger partial charge on any atom is 0.119 e. The molecule has 4 heteroatoms. The van der Waals surface area contributed by atoms with Crippen LogP contribution in [0.1, 0.15) is 6.42 Å². The summed E-state index contributed by atoms with van der Waals surface area (Å²) in [6.45, 7) is 6.65. The van der Waals surface area contributed by atoms with Crippen molar-refractivity contribution < 1.29 is 9.47 Å². The zero-order valence-corrected chi connectivity index (χ0v) is 12.2. The summed E-state index contributed by atoms with van der Waals surface area (Å²) in [6.07, 6.45) is 1.33. The summed E-state index contributed by atoms with van der Waals surface area (Å²) in [5, 5.41) is 3.51. The van der Waals surface area contributed by atoms with Gasteiger partial charge in [-0.25, -0.2) is 0 Å². The maximum absolute atomic E-state index is 5.81. The minimum Gasteiger partial charge on any atom is -0.497 e. The van der Waals surface area contributed by atoms with E-state index in [1.165, 1.54) is 32.6 Å². The normalized spacial score (nSPS) is 26.2. The highest BCUT2D eigenvalue weighted by molar-refractivity contribution is 5.31. The molecule has 2 saturated heterocycles. The van der Waals surface area contributed by atoms with Crippen LogP contribution in [0.3, 0.4) is 0 Å². The van der Waals surface area contributed by atoms with E-state index >= 15 is 0 Å². The molecule has 0 aliphatic carbocycles. The number of fused-ring (bicyclic) bond motifs is 1. The lowest BCUT2D eigenvalue weighted by atomic mass is 9.89. The third-order valence-corrected chi connectivity index (χ3v) is 4.52. The lowest BCUT2D eigenvalue weighted by Crippen LogP contribution is -2.41. The monoisotopic (exact) mass is 276 g/mol. The van der Waals surface area contributed by atoms with Crippen LogP contribution in [0.5, 0.6) is 11.5 Å². The van der Waals surface area contributed by atoms with Gasteiger partial charge in [0.15, 0.2) is 0 Å². The van der Waals surface area contributed by atoms with Gasteiger partial charge in [0.1, 0.15) is 18.1 Å². The van der Waals surface area contributed by atoms with Crippen LogP contribution >= 0.6 is 0 Å². The quantitative estimate of drug-likeness (QED) is 0.886. The predicted molar refractivity (Wildman–Crippen MR) is 79.4 cm³/mol. The van der Waals surface area contributed by atoms with Crippen LogP contribution in [0.4, 0.5) is 0 Å². The molecule has 2 heterocycles. The number of likely N-dealkylation sites (tertiary alicyclic amines) is 1. The van der Waals surface area contributed by atoms with Crippen LogP contribution in [-0.2, 0) is 0 Å². The van der Waals surface area contributed by atoms with Crippen molar-refractivity contribution in [3.63, 3.8) is 0 Å². The summed E-state index contributed by atoms with van der Waals surface area (Å²) in [4.78, 5) is 2.54. The second-order valence-corrected chi connectivity index (χ2v) is 5.79. The number of rotatable bonds is 5. The van der Waals surface area contributed by atoms with Crippen molar-refractivity contribution in [2.45, 2.75) is 6.42 Å². The summed E-state index contributed by atoms with van der Waals surface area (Å²) in [6, 6.07) is 7.80. The molecule has 0 saturated carbocycles. The van der Waals surface area contributed by atoms with E-state index in [9.17, 15) is 0 Å². The Morgan fingerprint density at radius 2 is 1.90 bits per heavy atom. The van der Waals surface area contributed by atoms with Gasteiger partial charge in [-0.05, 0) is 62.2 Å². The Labute approximate surface area is 121 Å². The largest absolute Gasteiger partial charge is 0.497 e. The van der Waals surface area contributed by atoms with Crippen LogP contribution in [0.25, 0.3) is 0 Å². The zero-order chi connectivity index (χ0) is 13.8. The van der Waals surface area contributed by atoms with E-state index in [0.717, 1.165) is 36.5 Å². The molecule has 20 heavy (non-hydrogen) atoms. The average molecular weight is 276 g/mol. The maximum atomic E-state index is 5.81. The van der Waals surface area contributed by atoms with E-state index in [1.807, 2.05) is 24.3 Å². The van der Waals surface area contributed by atoms with E-state index in [2.05, 4.69) is 10.2 Å². The summed E-state index contributed by atoms with van der Waals surface area (Å²) < 4.78 is 10.9. The molecule has 1 aromatic carbocycles. The van der Waals surface area contributed by atoms with Gasteiger partial charge in [0.2, 0.25) is 0 Å². The minimum atomic E-state index is 0.761. The highest BCUT2D eigenvalue weighted by Gasteiger charge is 2.32. The van der Waals surface area contributed by atoms with Crippen LogP contribution in [0.2, 0.25) is 0 Å². The molecule has 1 aromatic rings. The molecule has 1 N–H and O–H groups in total. The van der Waals surface area contributed by atoms with Gasteiger partial charge in [0.05, 0.1) is 7.11 Å². The Morgan fingerprint density at radius 3 is 2.70 bits per heavy atom. The Morgan fingerprint density at radius 1 is 1.15 bits per heavy atom. The number of benzene rings is 1. The van der Waals surface area contributed by atoms with E-state index in [-0.39, 0.29) is 0 Å². The van der Waals surface area contributed by atoms with Crippen molar-refractivity contribution >= 4 is 0 Å². The second kappa shape index (κ2) is 6.46. The number of hydrogen-bond acceptors (Lipinski definition) is 4. The standard InChI is InChI=1S/C16H24N2O2/c1-19-15-2-4-16(5-3-15)20-9-8-18-7-6-13-10-17-11-14(13)12-18/h2-5,13-14,17H,6-12H2,1H3. The molecule has 0 aromatic heterocycles. The zero-order valence-electron chi connectivity index (χ0n) is 12.2. The topological polar surface area (TPSA) is 33.7 Å². The van der Waals surface area contributed by atoms with Gasteiger partial charge in [-0.3, -0.25) is 4.90 Å². The predicted octanol–water partition coefficient (Wildman–Crippen LogP) is 1.62. The van der Waals surface area contributed by atoms with Gasteiger partial charge in [-0.1, -0.05) is 0 Å². The fourth-order valence-corrected chi connectivity index (χ4v) is 3.28. The minimum absolute atomic E-state index is 0.761. The molecule has 2 atom stereocenters. The fraction of sp³-hybridized carbons (Fsp3) is 0.625. The van der Waals surface area contributed by atoms with Gasteiger partial charge in [-0.15, -0.1) is 0 Å². The highest BCUT2D eigenvalue weighted by atomic mass is 16.5. The Bertz CT molecular complexity index is 421. The number of nitrogens with zero attached hydrogens (tertiary/aromatic N) is 1. The van der Waals surface area contributed by atoms with Gasteiger partial charge in [-0.2, -0.15) is 0 Å². The van der Waals surface area contributed by atoms with Gasteiger partial charge >= 0.3 is 0 Å².